The fourth-order valence-electron chi connectivity index (χ4n) is 1.91. The molecule has 0 bridgehead atoms. The quantitative estimate of drug-likeness (QED) is 0.776. The first-order chi connectivity index (χ1) is 10.7. The molecule has 1 rings (SSSR count). The maximum Gasteiger partial charge on any atom is 0.408 e. The number of carbonyl (C=O) groups excluding carboxylic acids is 1. The number of ether oxygens (including phenoxy) is 2. The van der Waals surface area contributed by atoms with Gasteiger partial charge in [-0.25, -0.2) is 9.59 Å². The van der Waals surface area contributed by atoms with Crippen LogP contribution in [-0.4, -0.2) is 18.3 Å². The van der Waals surface area contributed by atoms with Gasteiger partial charge in [0.25, 0.3) is 0 Å². The van der Waals surface area contributed by atoms with Crippen LogP contribution in [0.1, 0.15) is 52.3 Å². The molecular weight excluding hydrogens is 298 g/mol. The highest BCUT2D eigenvalue weighted by Crippen LogP contribution is 2.22. The summed E-state index contributed by atoms with van der Waals surface area (Å²) in [6, 6.07) is 2.39. The molecule has 0 unspecified atom stereocenters. The van der Waals surface area contributed by atoms with Crippen molar-refractivity contribution in [2.45, 2.75) is 52.2 Å². The van der Waals surface area contributed by atoms with Crippen LogP contribution in [0.2, 0.25) is 0 Å². The second kappa shape index (κ2) is 8.41. The third-order valence-corrected chi connectivity index (χ3v) is 2.74. The molecule has 0 aromatic carbocycles. The second-order valence-corrected chi connectivity index (χ2v) is 6.10. The van der Waals surface area contributed by atoms with Crippen LogP contribution in [0.25, 0.3) is 0 Å². The summed E-state index contributed by atoms with van der Waals surface area (Å²) in [5, 5.41) is 2.73. The SMILES string of the molecule is C=CCOc1cc([C@@H](CCC)NC(=O)OC(C)(C)C)oc(=O)c1. The van der Waals surface area contributed by atoms with Crippen LogP contribution < -0.4 is 15.7 Å². The monoisotopic (exact) mass is 323 g/mol. The topological polar surface area (TPSA) is 77.8 Å². The average Bonchev–Trinajstić information content (AvgIpc) is 2.42. The first kappa shape index (κ1) is 18.8. The van der Waals surface area contributed by atoms with Gasteiger partial charge >= 0.3 is 11.7 Å². The van der Waals surface area contributed by atoms with Crippen LogP contribution in [0.15, 0.2) is 34.0 Å². The van der Waals surface area contributed by atoms with Gasteiger partial charge in [-0.2, -0.15) is 0 Å². The Labute approximate surface area is 136 Å². The van der Waals surface area contributed by atoms with Gasteiger partial charge in [0.15, 0.2) is 0 Å². The van der Waals surface area contributed by atoms with Gasteiger partial charge in [0.05, 0.1) is 12.1 Å². The summed E-state index contributed by atoms with van der Waals surface area (Å²) in [6.45, 7) is 11.2. The Hall–Kier alpha value is -2.24. The summed E-state index contributed by atoms with van der Waals surface area (Å²) >= 11 is 0. The number of hydrogen-bond acceptors (Lipinski definition) is 5. The molecule has 6 nitrogen and oxygen atoms in total. The Balaban J connectivity index is 2.95. The van der Waals surface area contributed by atoms with E-state index < -0.39 is 23.4 Å². The van der Waals surface area contributed by atoms with Crippen molar-refractivity contribution in [3.63, 3.8) is 0 Å². The normalized spacial score (nSPS) is 12.3. The molecule has 0 aliphatic carbocycles. The number of carbonyl (C=O) groups is 1. The van der Waals surface area contributed by atoms with Gasteiger partial charge in [0.1, 0.15) is 23.7 Å². The Morgan fingerprint density at radius 2 is 2.13 bits per heavy atom. The summed E-state index contributed by atoms with van der Waals surface area (Å²) in [6.07, 6.45) is 2.42. The van der Waals surface area contributed by atoms with E-state index in [0.717, 1.165) is 6.42 Å². The molecule has 1 N–H and O–H groups in total. The van der Waals surface area contributed by atoms with E-state index in [2.05, 4.69) is 11.9 Å². The Kier molecular flexibility index (Phi) is 6.88. The van der Waals surface area contributed by atoms with Crippen LogP contribution in [0.4, 0.5) is 4.79 Å². The molecule has 0 saturated heterocycles. The average molecular weight is 323 g/mol. The fraction of sp³-hybridized carbons (Fsp3) is 0.529. The van der Waals surface area contributed by atoms with E-state index >= 15 is 0 Å². The molecule has 0 aliphatic heterocycles. The lowest BCUT2D eigenvalue weighted by Crippen LogP contribution is -2.35. The standard InChI is InChI=1S/C17H25NO5/c1-6-8-13(18-16(20)23-17(3,4)5)14-10-12(21-9-7-2)11-15(19)22-14/h7,10-11,13H,2,6,8-9H2,1,3-5H3,(H,18,20)/t13-/m1/s1. The van der Waals surface area contributed by atoms with E-state index in [-0.39, 0.29) is 6.61 Å². The summed E-state index contributed by atoms with van der Waals surface area (Å²) in [5.41, 5.74) is -1.13. The molecule has 0 saturated carbocycles. The van der Waals surface area contributed by atoms with Gasteiger partial charge in [-0.05, 0) is 27.2 Å². The van der Waals surface area contributed by atoms with Crippen LogP contribution in [0, 0.1) is 0 Å². The van der Waals surface area contributed by atoms with Gasteiger partial charge in [0.2, 0.25) is 0 Å². The molecule has 1 aromatic rings. The molecule has 0 aliphatic rings. The van der Waals surface area contributed by atoms with Crippen LogP contribution in [-0.2, 0) is 4.74 Å². The summed E-state index contributed by atoms with van der Waals surface area (Å²) < 4.78 is 15.8. The smallest absolute Gasteiger partial charge is 0.408 e. The van der Waals surface area contributed by atoms with Gasteiger partial charge in [-0.3, -0.25) is 0 Å². The molecule has 23 heavy (non-hydrogen) atoms. The Bertz CT molecular complexity index is 585. The number of alkyl carbamates (subject to hydrolysis) is 1. The minimum Gasteiger partial charge on any atom is -0.489 e. The summed E-state index contributed by atoms with van der Waals surface area (Å²) in [4.78, 5) is 23.6. The maximum absolute atomic E-state index is 12.0. The van der Waals surface area contributed by atoms with Gasteiger partial charge < -0.3 is 19.2 Å². The van der Waals surface area contributed by atoms with Gasteiger partial charge in [-0.15, -0.1) is 0 Å². The lowest BCUT2D eigenvalue weighted by Gasteiger charge is -2.23. The van der Waals surface area contributed by atoms with E-state index in [4.69, 9.17) is 13.9 Å². The zero-order valence-electron chi connectivity index (χ0n) is 14.2. The lowest BCUT2D eigenvalue weighted by molar-refractivity contribution is 0.0493. The van der Waals surface area contributed by atoms with Crippen molar-refractivity contribution in [1.29, 1.82) is 0 Å². The van der Waals surface area contributed by atoms with E-state index in [0.29, 0.717) is 17.9 Å². The van der Waals surface area contributed by atoms with Crippen molar-refractivity contribution in [2.75, 3.05) is 6.61 Å². The fourth-order valence-corrected chi connectivity index (χ4v) is 1.91. The summed E-state index contributed by atoms with van der Waals surface area (Å²) in [5.74, 6) is 0.715. The molecule has 1 heterocycles. The lowest BCUT2D eigenvalue weighted by atomic mass is 10.1. The first-order valence-corrected chi connectivity index (χ1v) is 7.63. The molecule has 6 heteroatoms. The Morgan fingerprint density at radius 3 is 2.70 bits per heavy atom. The minimum absolute atomic E-state index is 0.279. The molecule has 0 radical (unpaired) electrons. The van der Waals surface area contributed by atoms with Crippen molar-refractivity contribution in [3.8, 4) is 5.75 Å². The van der Waals surface area contributed by atoms with E-state index in [1.54, 1.807) is 32.9 Å². The third kappa shape index (κ3) is 7.04. The number of rotatable bonds is 7. The highest BCUT2D eigenvalue weighted by molar-refractivity contribution is 5.68. The number of amides is 1. The second-order valence-electron chi connectivity index (χ2n) is 6.10. The zero-order valence-corrected chi connectivity index (χ0v) is 14.2. The third-order valence-electron chi connectivity index (χ3n) is 2.74. The molecule has 1 atom stereocenters. The molecule has 0 fully saturated rings. The minimum atomic E-state index is -0.601. The van der Waals surface area contributed by atoms with Crippen LogP contribution in [0.5, 0.6) is 5.75 Å². The zero-order chi connectivity index (χ0) is 17.5. The van der Waals surface area contributed by atoms with Crippen molar-refractivity contribution < 1.29 is 18.7 Å². The number of nitrogens with one attached hydrogen (secondary N) is 1. The molecular formula is C17H25NO5. The molecule has 128 valence electrons. The summed E-state index contributed by atoms with van der Waals surface area (Å²) in [7, 11) is 0. The first-order valence-electron chi connectivity index (χ1n) is 7.63. The molecule has 1 amide bonds. The Morgan fingerprint density at radius 1 is 1.43 bits per heavy atom. The number of hydrogen-bond donors (Lipinski definition) is 1. The van der Waals surface area contributed by atoms with Crippen molar-refractivity contribution >= 4 is 6.09 Å². The van der Waals surface area contributed by atoms with E-state index in [1.165, 1.54) is 6.07 Å². The largest absolute Gasteiger partial charge is 0.489 e. The van der Waals surface area contributed by atoms with E-state index in [1.807, 2.05) is 6.92 Å². The van der Waals surface area contributed by atoms with Crippen LogP contribution in [0.3, 0.4) is 0 Å². The molecule has 0 spiro atoms. The predicted octanol–water partition coefficient (Wildman–Crippen LogP) is 3.57. The van der Waals surface area contributed by atoms with Gasteiger partial charge in [0, 0.05) is 6.07 Å². The van der Waals surface area contributed by atoms with Crippen molar-refractivity contribution in [2.24, 2.45) is 0 Å². The maximum atomic E-state index is 12.0. The van der Waals surface area contributed by atoms with Gasteiger partial charge in [-0.1, -0.05) is 26.0 Å². The highest BCUT2D eigenvalue weighted by atomic mass is 16.6. The van der Waals surface area contributed by atoms with E-state index in [9.17, 15) is 9.59 Å². The predicted molar refractivity (Wildman–Crippen MR) is 87.7 cm³/mol. The van der Waals surface area contributed by atoms with Crippen molar-refractivity contribution in [3.05, 3.63) is 41.0 Å². The highest BCUT2D eigenvalue weighted by Gasteiger charge is 2.22. The molecule has 1 aromatic heterocycles. The van der Waals surface area contributed by atoms with Crippen LogP contribution >= 0.6 is 0 Å². The van der Waals surface area contributed by atoms with Crippen molar-refractivity contribution in [1.82, 2.24) is 5.32 Å².